The maximum Gasteiger partial charge on any atom is 0.268 e. The van der Waals surface area contributed by atoms with Crippen LogP contribution in [-0.2, 0) is 29.5 Å². The monoisotopic (exact) mass is 385 g/mol. The van der Waals surface area contributed by atoms with E-state index in [4.69, 9.17) is 0 Å². The molecular formula is C21H20FNO3S. The van der Waals surface area contributed by atoms with Gasteiger partial charge in [0.05, 0.1) is 17.2 Å². The molecular weight excluding hydrogens is 365 g/mol. The molecule has 0 saturated heterocycles. The number of aliphatic hydroxyl groups is 1. The van der Waals surface area contributed by atoms with Gasteiger partial charge in [0.2, 0.25) is 0 Å². The lowest BCUT2D eigenvalue weighted by molar-refractivity contribution is 0.280. The van der Waals surface area contributed by atoms with Crippen LogP contribution < -0.4 is 0 Å². The molecule has 4 nitrogen and oxygen atoms in total. The van der Waals surface area contributed by atoms with Gasteiger partial charge in [-0.3, -0.25) is 0 Å². The van der Waals surface area contributed by atoms with Gasteiger partial charge in [-0.2, -0.15) is 0 Å². The van der Waals surface area contributed by atoms with Crippen molar-refractivity contribution in [3.8, 4) is 11.3 Å². The Hall–Kier alpha value is -2.44. The molecule has 1 aromatic heterocycles. The molecule has 27 heavy (non-hydrogen) atoms. The maximum absolute atomic E-state index is 13.7. The molecule has 1 aliphatic carbocycles. The van der Waals surface area contributed by atoms with Gasteiger partial charge < -0.3 is 5.11 Å². The van der Waals surface area contributed by atoms with Gasteiger partial charge in [-0.1, -0.05) is 30.3 Å². The van der Waals surface area contributed by atoms with Gasteiger partial charge in [0.15, 0.2) is 0 Å². The lowest BCUT2D eigenvalue weighted by Gasteiger charge is -2.18. The number of aliphatic hydroxyl groups excluding tert-OH is 1. The zero-order valence-corrected chi connectivity index (χ0v) is 15.5. The highest BCUT2D eigenvalue weighted by atomic mass is 32.2. The number of fused-ring (bicyclic) bond motifs is 3. The molecule has 2 aromatic carbocycles. The minimum atomic E-state index is -4.00. The van der Waals surface area contributed by atoms with E-state index < -0.39 is 15.8 Å². The van der Waals surface area contributed by atoms with E-state index in [1.807, 2.05) is 24.3 Å². The predicted molar refractivity (Wildman–Crippen MR) is 101 cm³/mol. The van der Waals surface area contributed by atoms with Crippen LogP contribution in [0.5, 0.6) is 0 Å². The lowest BCUT2D eigenvalue weighted by atomic mass is 9.91. The highest BCUT2D eigenvalue weighted by Gasteiger charge is 2.28. The van der Waals surface area contributed by atoms with E-state index in [0.29, 0.717) is 17.7 Å². The molecule has 0 fully saturated rings. The summed E-state index contributed by atoms with van der Waals surface area (Å²) in [5.74, 6) is -0.603. The lowest BCUT2D eigenvalue weighted by Crippen LogP contribution is -2.15. The summed E-state index contributed by atoms with van der Waals surface area (Å²) in [6.45, 7) is -0.240. The van der Waals surface area contributed by atoms with E-state index in [9.17, 15) is 17.9 Å². The minimum absolute atomic E-state index is 0.107. The molecule has 0 radical (unpaired) electrons. The zero-order valence-electron chi connectivity index (χ0n) is 14.7. The second-order valence-electron chi connectivity index (χ2n) is 6.76. The summed E-state index contributed by atoms with van der Waals surface area (Å²) in [6, 6.07) is 12.8. The smallest absolute Gasteiger partial charge is 0.268 e. The normalized spacial score (nSPS) is 14.1. The van der Waals surface area contributed by atoms with E-state index in [0.717, 1.165) is 42.0 Å². The van der Waals surface area contributed by atoms with Gasteiger partial charge in [0, 0.05) is 17.3 Å². The first-order valence-corrected chi connectivity index (χ1v) is 10.4. The van der Waals surface area contributed by atoms with Crippen molar-refractivity contribution in [1.82, 2.24) is 3.97 Å². The summed E-state index contributed by atoms with van der Waals surface area (Å²) < 4.78 is 41.5. The first-order valence-electron chi connectivity index (χ1n) is 8.96. The number of nitrogens with zero attached hydrogens (tertiary/aromatic N) is 1. The van der Waals surface area contributed by atoms with Crippen molar-refractivity contribution in [2.45, 2.75) is 37.2 Å². The third-order valence-electron chi connectivity index (χ3n) is 5.09. The van der Waals surface area contributed by atoms with Crippen LogP contribution in [0.15, 0.2) is 59.6 Å². The number of hydrogen-bond acceptors (Lipinski definition) is 3. The van der Waals surface area contributed by atoms with E-state index in [2.05, 4.69) is 0 Å². The van der Waals surface area contributed by atoms with Crippen LogP contribution in [-0.4, -0.2) is 17.5 Å². The van der Waals surface area contributed by atoms with Crippen molar-refractivity contribution in [1.29, 1.82) is 0 Å². The number of hydrogen-bond donors (Lipinski definition) is 1. The van der Waals surface area contributed by atoms with E-state index in [1.54, 1.807) is 0 Å². The van der Waals surface area contributed by atoms with Crippen LogP contribution in [0, 0.1) is 5.82 Å². The van der Waals surface area contributed by atoms with Crippen molar-refractivity contribution < 1.29 is 17.9 Å². The predicted octanol–water partition coefficient (Wildman–Crippen LogP) is 3.90. The van der Waals surface area contributed by atoms with Crippen molar-refractivity contribution >= 4 is 10.0 Å². The van der Waals surface area contributed by atoms with Crippen molar-refractivity contribution in [2.75, 3.05) is 0 Å². The standard InChI is InChI=1S/C21H20FNO3S/c22-17-8-5-9-18(12-17)27(25,26)23-13-16(14-24)20-11-4-2-7-15-6-1-3-10-19(15)21(20)23/h1,3,5-6,8-10,12-13,24H,2,4,7,11,14H2. The Balaban J connectivity index is 2.02. The molecule has 0 atom stereocenters. The van der Waals surface area contributed by atoms with Gasteiger partial charge in [-0.05, 0) is 55.0 Å². The average Bonchev–Trinajstić information content (AvgIpc) is 3.02. The minimum Gasteiger partial charge on any atom is -0.392 e. The number of aromatic nitrogens is 1. The zero-order chi connectivity index (χ0) is 19.0. The Kier molecular flexibility index (Phi) is 4.61. The van der Waals surface area contributed by atoms with Gasteiger partial charge in [-0.15, -0.1) is 0 Å². The molecule has 140 valence electrons. The fraction of sp³-hybridized carbons (Fsp3) is 0.238. The molecule has 0 bridgehead atoms. The van der Waals surface area contributed by atoms with Gasteiger partial charge >= 0.3 is 0 Å². The highest BCUT2D eigenvalue weighted by Crippen LogP contribution is 2.37. The summed E-state index contributed by atoms with van der Waals surface area (Å²) in [7, 11) is -4.00. The number of rotatable bonds is 3. The van der Waals surface area contributed by atoms with Crippen LogP contribution in [0.1, 0.15) is 29.5 Å². The Morgan fingerprint density at radius 2 is 1.81 bits per heavy atom. The summed E-state index contributed by atoms with van der Waals surface area (Å²) in [4.78, 5) is -0.107. The largest absolute Gasteiger partial charge is 0.392 e. The van der Waals surface area contributed by atoms with Crippen molar-refractivity contribution in [3.05, 3.63) is 77.2 Å². The molecule has 0 amide bonds. The molecule has 0 unspecified atom stereocenters. The van der Waals surface area contributed by atoms with Crippen LogP contribution in [0.3, 0.4) is 0 Å². The fourth-order valence-corrected chi connectivity index (χ4v) is 5.24. The summed E-state index contributed by atoms with van der Waals surface area (Å²) in [5, 5.41) is 9.83. The third kappa shape index (κ3) is 3.09. The number of halogens is 1. The maximum atomic E-state index is 13.7. The van der Waals surface area contributed by atoms with Crippen LogP contribution in [0.25, 0.3) is 11.3 Å². The van der Waals surface area contributed by atoms with Crippen molar-refractivity contribution in [3.63, 3.8) is 0 Å². The second-order valence-corrected chi connectivity index (χ2v) is 8.58. The molecule has 1 N–H and O–H groups in total. The fourth-order valence-electron chi connectivity index (χ4n) is 3.78. The SMILES string of the molecule is O=S(=O)(c1cccc(F)c1)n1cc(CO)c2c1-c1ccccc1CCCC2. The molecule has 0 spiro atoms. The topological polar surface area (TPSA) is 59.3 Å². The molecule has 6 heteroatoms. The molecule has 1 aliphatic rings. The quantitative estimate of drug-likeness (QED) is 0.744. The molecule has 0 saturated carbocycles. The van der Waals surface area contributed by atoms with E-state index >= 15 is 0 Å². The first-order chi connectivity index (χ1) is 13.0. The first kappa shape index (κ1) is 17.9. The number of benzene rings is 2. The van der Waals surface area contributed by atoms with Crippen LogP contribution >= 0.6 is 0 Å². The average molecular weight is 385 g/mol. The van der Waals surface area contributed by atoms with Crippen LogP contribution in [0.2, 0.25) is 0 Å². The molecule has 4 rings (SSSR count). The molecule has 1 heterocycles. The van der Waals surface area contributed by atoms with E-state index in [1.165, 1.54) is 28.4 Å². The van der Waals surface area contributed by atoms with Gasteiger partial charge in [0.1, 0.15) is 5.82 Å². The third-order valence-corrected chi connectivity index (χ3v) is 6.74. The van der Waals surface area contributed by atoms with Gasteiger partial charge in [0.25, 0.3) is 10.0 Å². The van der Waals surface area contributed by atoms with Crippen molar-refractivity contribution in [2.24, 2.45) is 0 Å². The highest BCUT2D eigenvalue weighted by molar-refractivity contribution is 7.90. The number of aryl methyl sites for hydroxylation is 1. The van der Waals surface area contributed by atoms with E-state index in [-0.39, 0.29) is 11.5 Å². The Morgan fingerprint density at radius 1 is 1.04 bits per heavy atom. The Labute approximate surface area is 158 Å². The summed E-state index contributed by atoms with van der Waals surface area (Å²) in [5.41, 5.74) is 3.97. The Bertz CT molecular complexity index is 1100. The summed E-state index contributed by atoms with van der Waals surface area (Å²) in [6.07, 6.45) is 4.97. The summed E-state index contributed by atoms with van der Waals surface area (Å²) >= 11 is 0. The second kappa shape index (κ2) is 6.94. The van der Waals surface area contributed by atoms with Crippen LogP contribution in [0.4, 0.5) is 4.39 Å². The van der Waals surface area contributed by atoms with Gasteiger partial charge in [-0.25, -0.2) is 16.8 Å². The molecule has 3 aromatic rings. The Morgan fingerprint density at radius 3 is 2.59 bits per heavy atom. The molecule has 0 aliphatic heterocycles.